The lowest BCUT2D eigenvalue weighted by atomic mass is 9.86. The standard InChI is InChI=1S/C29H31FN2O6/c1-18-27(38-22-8-4-3-5-9-22)20(17-19-11-13-21(30)14-12-19)7-6-10-23(29(35)37-18)32-28(34)25-26(33)24(36-2)15-16-31-25/h3-5,8-9,11-16,18,20,23,27,33H,6-7,10,17H2,1-2H3,(H,32,34). The number of para-hydroxylation sites is 1. The van der Waals surface area contributed by atoms with Crippen molar-refractivity contribution in [3.8, 4) is 17.2 Å². The predicted molar refractivity (Wildman–Crippen MR) is 138 cm³/mol. The van der Waals surface area contributed by atoms with Gasteiger partial charge in [-0.05, 0) is 56.0 Å². The third-order valence-corrected chi connectivity index (χ3v) is 6.64. The van der Waals surface area contributed by atoms with Crippen molar-refractivity contribution in [1.82, 2.24) is 10.3 Å². The molecule has 8 nitrogen and oxygen atoms in total. The molecule has 2 heterocycles. The summed E-state index contributed by atoms with van der Waals surface area (Å²) in [7, 11) is 1.37. The first-order valence-corrected chi connectivity index (χ1v) is 12.5. The number of esters is 1. The Morgan fingerprint density at radius 3 is 2.58 bits per heavy atom. The van der Waals surface area contributed by atoms with E-state index >= 15 is 0 Å². The fourth-order valence-corrected chi connectivity index (χ4v) is 4.70. The molecule has 0 saturated carbocycles. The maximum absolute atomic E-state index is 13.5. The van der Waals surface area contributed by atoms with Crippen LogP contribution < -0.4 is 14.8 Å². The molecule has 4 rings (SSSR count). The Kier molecular flexibility index (Phi) is 8.78. The summed E-state index contributed by atoms with van der Waals surface area (Å²) in [5.74, 6) is -1.34. The first-order valence-electron chi connectivity index (χ1n) is 12.5. The first kappa shape index (κ1) is 26.9. The lowest BCUT2D eigenvalue weighted by molar-refractivity contribution is -0.156. The topological polar surface area (TPSA) is 107 Å². The third kappa shape index (κ3) is 6.59. The molecule has 9 heteroatoms. The van der Waals surface area contributed by atoms with Crippen LogP contribution in [-0.4, -0.2) is 47.3 Å². The summed E-state index contributed by atoms with van der Waals surface area (Å²) in [6.07, 6.45) is 2.38. The molecule has 38 heavy (non-hydrogen) atoms. The normalized spacial score (nSPS) is 21.8. The van der Waals surface area contributed by atoms with Gasteiger partial charge in [0.1, 0.15) is 29.8 Å². The van der Waals surface area contributed by atoms with Crippen LogP contribution in [-0.2, 0) is 16.0 Å². The molecule has 200 valence electrons. The van der Waals surface area contributed by atoms with E-state index in [1.165, 1.54) is 31.5 Å². The Balaban J connectivity index is 1.55. The number of pyridine rings is 1. The van der Waals surface area contributed by atoms with Crippen molar-refractivity contribution in [1.29, 1.82) is 0 Å². The summed E-state index contributed by atoms with van der Waals surface area (Å²) < 4.78 is 30.7. The molecule has 0 spiro atoms. The van der Waals surface area contributed by atoms with Gasteiger partial charge in [0.25, 0.3) is 5.91 Å². The van der Waals surface area contributed by atoms with Crippen LogP contribution in [0.4, 0.5) is 4.39 Å². The van der Waals surface area contributed by atoms with Crippen LogP contribution in [0.3, 0.4) is 0 Å². The predicted octanol–water partition coefficient (Wildman–Crippen LogP) is 4.46. The Bertz CT molecular complexity index is 1240. The van der Waals surface area contributed by atoms with Crippen molar-refractivity contribution >= 4 is 11.9 Å². The van der Waals surface area contributed by atoms with Gasteiger partial charge < -0.3 is 24.6 Å². The highest BCUT2D eigenvalue weighted by atomic mass is 19.1. The van der Waals surface area contributed by atoms with E-state index in [1.807, 2.05) is 30.3 Å². The zero-order valence-electron chi connectivity index (χ0n) is 21.3. The zero-order chi connectivity index (χ0) is 27.1. The molecular weight excluding hydrogens is 491 g/mol. The maximum atomic E-state index is 13.5. The van der Waals surface area contributed by atoms with Gasteiger partial charge in [0.2, 0.25) is 0 Å². The van der Waals surface area contributed by atoms with Gasteiger partial charge in [0, 0.05) is 18.2 Å². The van der Waals surface area contributed by atoms with Gasteiger partial charge in [0.05, 0.1) is 7.11 Å². The maximum Gasteiger partial charge on any atom is 0.329 e. The summed E-state index contributed by atoms with van der Waals surface area (Å²) in [6, 6.07) is 16.1. The van der Waals surface area contributed by atoms with Crippen molar-refractivity contribution < 1.29 is 33.3 Å². The van der Waals surface area contributed by atoms with Crippen molar-refractivity contribution in [3.05, 3.63) is 83.9 Å². The van der Waals surface area contributed by atoms with E-state index in [1.54, 1.807) is 19.1 Å². The molecule has 1 saturated heterocycles. The molecule has 2 aromatic carbocycles. The highest BCUT2D eigenvalue weighted by Gasteiger charge is 2.36. The number of benzene rings is 2. The minimum absolute atomic E-state index is 0.0537. The number of hydrogen-bond acceptors (Lipinski definition) is 7. The summed E-state index contributed by atoms with van der Waals surface area (Å²) in [5.41, 5.74) is 0.699. The van der Waals surface area contributed by atoms with E-state index in [0.29, 0.717) is 31.4 Å². The average molecular weight is 523 g/mol. The lowest BCUT2D eigenvalue weighted by Gasteiger charge is -2.31. The number of rotatable bonds is 7. The van der Waals surface area contributed by atoms with Gasteiger partial charge in [0.15, 0.2) is 17.2 Å². The molecular formula is C29H31FN2O6. The second kappa shape index (κ2) is 12.4. The number of carbonyl (C=O) groups is 2. The summed E-state index contributed by atoms with van der Waals surface area (Å²) in [6.45, 7) is 1.77. The lowest BCUT2D eigenvalue weighted by Crippen LogP contribution is -2.45. The van der Waals surface area contributed by atoms with E-state index < -0.39 is 35.9 Å². The van der Waals surface area contributed by atoms with Crippen LogP contribution in [0.15, 0.2) is 66.9 Å². The zero-order valence-corrected chi connectivity index (χ0v) is 21.3. The number of cyclic esters (lactones) is 1. The van der Waals surface area contributed by atoms with Gasteiger partial charge in [-0.25, -0.2) is 14.2 Å². The van der Waals surface area contributed by atoms with E-state index in [2.05, 4.69) is 10.3 Å². The van der Waals surface area contributed by atoms with Crippen LogP contribution in [0.2, 0.25) is 0 Å². The summed E-state index contributed by atoms with van der Waals surface area (Å²) in [5, 5.41) is 13.0. The number of aromatic hydroxyl groups is 1. The molecule has 4 unspecified atom stereocenters. The number of methoxy groups -OCH3 is 1. The Labute approximate surface area is 220 Å². The Morgan fingerprint density at radius 1 is 1.13 bits per heavy atom. The number of hydrogen-bond donors (Lipinski definition) is 2. The van der Waals surface area contributed by atoms with Crippen molar-refractivity contribution in [2.75, 3.05) is 7.11 Å². The number of carbonyl (C=O) groups excluding carboxylic acids is 2. The molecule has 4 atom stereocenters. The number of amides is 1. The Hall–Kier alpha value is -4.14. The van der Waals surface area contributed by atoms with Crippen LogP contribution in [0.1, 0.15) is 42.2 Å². The minimum Gasteiger partial charge on any atom is -0.503 e. The number of nitrogens with one attached hydrogen (secondary N) is 1. The highest BCUT2D eigenvalue weighted by molar-refractivity contribution is 5.97. The van der Waals surface area contributed by atoms with Crippen LogP contribution in [0, 0.1) is 11.7 Å². The van der Waals surface area contributed by atoms with Gasteiger partial charge >= 0.3 is 5.97 Å². The molecule has 0 radical (unpaired) electrons. The molecule has 0 bridgehead atoms. The molecule has 1 aliphatic heterocycles. The quantitative estimate of drug-likeness (QED) is 0.442. The number of nitrogens with zero attached hydrogens (tertiary/aromatic N) is 1. The molecule has 0 aliphatic carbocycles. The van der Waals surface area contributed by atoms with E-state index in [9.17, 15) is 19.1 Å². The van der Waals surface area contributed by atoms with Crippen LogP contribution in [0.5, 0.6) is 17.2 Å². The summed E-state index contributed by atoms with van der Waals surface area (Å²) in [4.78, 5) is 30.0. The van der Waals surface area contributed by atoms with E-state index in [0.717, 1.165) is 5.56 Å². The van der Waals surface area contributed by atoms with Crippen LogP contribution >= 0.6 is 0 Å². The SMILES string of the molecule is COc1ccnc(C(=O)NC2CCCC(Cc3ccc(F)cc3)C(Oc3ccccc3)C(C)OC2=O)c1O. The highest BCUT2D eigenvalue weighted by Crippen LogP contribution is 2.30. The van der Waals surface area contributed by atoms with E-state index in [4.69, 9.17) is 14.2 Å². The molecule has 2 N–H and O–H groups in total. The monoisotopic (exact) mass is 522 g/mol. The molecule has 3 aromatic rings. The van der Waals surface area contributed by atoms with Gasteiger partial charge in [-0.2, -0.15) is 0 Å². The largest absolute Gasteiger partial charge is 0.503 e. The van der Waals surface area contributed by atoms with Gasteiger partial charge in [-0.3, -0.25) is 4.79 Å². The molecule has 1 fully saturated rings. The smallest absolute Gasteiger partial charge is 0.329 e. The number of halogens is 1. The van der Waals surface area contributed by atoms with Crippen molar-refractivity contribution in [3.63, 3.8) is 0 Å². The summed E-state index contributed by atoms with van der Waals surface area (Å²) >= 11 is 0. The van der Waals surface area contributed by atoms with Gasteiger partial charge in [-0.1, -0.05) is 36.8 Å². The number of ether oxygens (including phenoxy) is 3. The van der Waals surface area contributed by atoms with Crippen molar-refractivity contribution in [2.45, 2.75) is 50.9 Å². The second-order valence-electron chi connectivity index (χ2n) is 9.30. The average Bonchev–Trinajstić information content (AvgIpc) is 2.96. The third-order valence-electron chi connectivity index (χ3n) is 6.64. The van der Waals surface area contributed by atoms with Crippen LogP contribution in [0.25, 0.3) is 0 Å². The van der Waals surface area contributed by atoms with E-state index in [-0.39, 0.29) is 23.2 Å². The molecule has 1 aromatic heterocycles. The second-order valence-corrected chi connectivity index (χ2v) is 9.30. The minimum atomic E-state index is -0.945. The number of aromatic nitrogens is 1. The first-order chi connectivity index (χ1) is 18.4. The Morgan fingerprint density at radius 2 is 1.87 bits per heavy atom. The fourth-order valence-electron chi connectivity index (χ4n) is 4.70. The molecule has 1 amide bonds. The molecule has 1 aliphatic rings. The van der Waals surface area contributed by atoms with Gasteiger partial charge in [-0.15, -0.1) is 0 Å². The van der Waals surface area contributed by atoms with Crippen molar-refractivity contribution in [2.24, 2.45) is 5.92 Å². The fraction of sp³-hybridized carbons (Fsp3) is 0.345.